The predicted molar refractivity (Wildman–Crippen MR) is 94.0 cm³/mol. The molecule has 0 unspecified atom stereocenters. The smallest absolute Gasteiger partial charge is 0.274 e. The maximum atomic E-state index is 12.5. The van der Waals surface area contributed by atoms with Crippen molar-refractivity contribution in [1.29, 1.82) is 0 Å². The zero-order valence-electron chi connectivity index (χ0n) is 14.2. The Hall–Kier alpha value is -2.43. The molecule has 23 heavy (non-hydrogen) atoms. The number of unbranched alkanes of at least 4 members (excludes halogenated alkanes) is 1. The van der Waals surface area contributed by atoms with Crippen LogP contribution in [0.4, 0.5) is 11.5 Å². The minimum Gasteiger partial charge on any atom is -0.370 e. The highest BCUT2D eigenvalue weighted by Crippen LogP contribution is 2.22. The summed E-state index contributed by atoms with van der Waals surface area (Å²) >= 11 is 0. The Balaban J connectivity index is 2.13. The lowest BCUT2D eigenvalue weighted by Crippen LogP contribution is -2.16. The number of benzene rings is 1. The molecule has 0 spiro atoms. The van der Waals surface area contributed by atoms with Crippen molar-refractivity contribution in [3.63, 3.8) is 0 Å². The molecule has 0 radical (unpaired) electrons. The quantitative estimate of drug-likeness (QED) is 0.795. The van der Waals surface area contributed by atoms with Gasteiger partial charge in [-0.1, -0.05) is 31.0 Å². The maximum Gasteiger partial charge on any atom is 0.274 e. The number of aromatic nitrogens is 2. The number of hydrogen-bond donors (Lipinski definition) is 2. The number of carbonyl (C=O) groups excluding carboxylic acids is 1. The summed E-state index contributed by atoms with van der Waals surface area (Å²) in [7, 11) is 0. The van der Waals surface area contributed by atoms with Crippen LogP contribution < -0.4 is 10.6 Å². The summed E-state index contributed by atoms with van der Waals surface area (Å²) in [5.41, 5.74) is 4.48. The third kappa shape index (κ3) is 4.52. The molecule has 2 aromatic rings. The van der Waals surface area contributed by atoms with Crippen LogP contribution in [-0.4, -0.2) is 22.4 Å². The average Bonchev–Trinajstić information content (AvgIpc) is 2.51. The third-order valence-corrected chi connectivity index (χ3v) is 3.65. The summed E-state index contributed by atoms with van der Waals surface area (Å²) in [5, 5.41) is 6.16. The van der Waals surface area contributed by atoms with Crippen molar-refractivity contribution in [1.82, 2.24) is 9.97 Å². The molecule has 0 aliphatic carbocycles. The highest BCUT2D eigenvalue weighted by molar-refractivity contribution is 6.04. The van der Waals surface area contributed by atoms with Crippen molar-refractivity contribution in [2.24, 2.45) is 0 Å². The van der Waals surface area contributed by atoms with Crippen molar-refractivity contribution in [3.8, 4) is 0 Å². The van der Waals surface area contributed by atoms with Gasteiger partial charge < -0.3 is 10.6 Å². The molecule has 1 amide bonds. The molecule has 122 valence electrons. The average molecular weight is 312 g/mol. The monoisotopic (exact) mass is 312 g/mol. The van der Waals surface area contributed by atoms with Crippen LogP contribution in [0.3, 0.4) is 0 Å². The lowest BCUT2D eigenvalue weighted by molar-refractivity contribution is 0.102. The topological polar surface area (TPSA) is 66.9 Å². The molecule has 0 saturated carbocycles. The third-order valence-electron chi connectivity index (χ3n) is 3.65. The highest BCUT2D eigenvalue weighted by Gasteiger charge is 2.12. The van der Waals surface area contributed by atoms with Gasteiger partial charge in [0.05, 0.1) is 0 Å². The number of amides is 1. The second-order valence-corrected chi connectivity index (χ2v) is 5.80. The summed E-state index contributed by atoms with van der Waals surface area (Å²) in [6, 6.07) is 5.80. The molecule has 0 fully saturated rings. The molecule has 1 aromatic heterocycles. The van der Waals surface area contributed by atoms with Gasteiger partial charge in [0, 0.05) is 18.3 Å². The van der Waals surface area contributed by atoms with Gasteiger partial charge in [0.25, 0.3) is 5.91 Å². The summed E-state index contributed by atoms with van der Waals surface area (Å²) < 4.78 is 0. The van der Waals surface area contributed by atoms with Gasteiger partial charge in [-0.25, -0.2) is 9.97 Å². The van der Waals surface area contributed by atoms with Gasteiger partial charge in [0.1, 0.15) is 17.8 Å². The first-order valence-corrected chi connectivity index (χ1v) is 7.96. The fourth-order valence-corrected chi connectivity index (χ4v) is 2.53. The molecule has 1 aromatic carbocycles. The van der Waals surface area contributed by atoms with E-state index < -0.39 is 0 Å². The Labute approximate surface area is 137 Å². The molecule has 0 aliphatic heterocycles. The van der Waals surface area contributed by atoms with E-state index in [4.69, 9.17) is 0 Å². The Kier molecular flexibility index (Phi) is 5.68. The van der Waals surface area contributed by atoms with Crippen LogP contribution >= 0.6 is 0 Å². The van der Waals surface area contributed by atoms with Crippen LogP contribution in [-0.2, 0) is 0 Å². The first kappa shape index (κ1) is 16.9. The van der Waals surface area contributed by atoms with E-state index in [9.17, 15) is 4.79 Å². The molecule has 0 atom stereocenters. The Morgan fingerprint density at radius 1 is 1.09 bits per heavy atom. The first-order valence-electron chi connectivity index (χ1n) is 7.96. The zero-order valence-corrected chi connectivity index (χ0v) is 14.2. The molecular formula is C18H24N4O. The van der Waals surface area contributed by atoms with E-state index in [1.54, 1.807) is 6.07 Å². The van der Waals surface area contributed by atoms with Crippen LogP contribution in [0, 0.1) is 20.8 Å². The second-order valence-electron chi connectivity index (χ2n) is 5.80. The lowest BCUT2D eigenvalue weighted by Gasteiger charge is -2.13. The number of hydrogen-bond acceptors (Lipinski definition) is 4. The summed E-state index contributed by atoms with van der Waals surface area (Å²) in [6.45, 7) is 9.00. The fraction of sp³-hybridized carbons (Fsp3) is 0.389. The summed E-state index contributed by atoms with van der Waals surface area (Å²) in [6.07, 6.45) is 3.59. The number of carbonyl (C=O) groups is 1. The van der Waals surface area contributed by atoms with Crippen molar-refractivity contribution >= 4 is 17.4 Å². The summed E-state index contributed by atoms with van der Waals surface area (Å²) in [5.74, 6) is 0.456. The van der Waals surface area contributed by atoms with E-state index in [1.165, 1.54) is 11.9 Å². The van der Waals surface area contributed by atoms with Gasteiger partial charge in [0.15, 0.2) is 0 Å². The normalized spacial score (nSPS) is 10.4. The van der Waals surface area contributed by atoms with E-state index >= 15 is 0 Å². The molecular weight excluding hydrogens is 288 g/mol. The number of aryl methyl sites for hydroxylation is 3. The largest absolute Gasteiger partial charge is 0.370 e. The molecule has 2 N–H and O–H groups in total. The van der Waals surface area contributed by atoms with E-state index in [0.29, 0.717) is 11.5 Å². The SMILES string of the molecule is CCCCNc1cc(C(=O)Nc2c(C)cc(C)cc2C)ncn1. The van der Waals surface area contributed by atoms with Gasteiger partial charge in [-0.3, -0.25) is 4.79 Å². The molecule has 5 heteroatoms. The van der Waals surface area contributed by atoms with Gasteiger partial charge in [0.2, 0.25) is 0 Å². The van der Waals surface area contributed by atoms with Crippen LogP contribution in [0.2, 0.25) is 0 Å². The fourth-order valence-electron chi connectivity index (χ4n) is 2.53. The second kappa shape index (κ2) is 7.72. The van der Waals surface area contributed by atoms with Crippen molar-refractivity contribution in [2.75, 3.05) is 17.2 Å². The van der Waals surface area contributed by atoms with E-state index in [0.717, 1.165) is 36.2 Å². The first-order chi connectivity index (χ1) is 11.0. The number of nitrogens with zero attached hydrogens (tertiary/aromatic N) is 2. The molecule has 2 rings (SSSR count). The number of anilines is 2. The van der Waals surface area contributed by atoms with Crippen molar-refractivity contribution < 1.29 is 4.79 Å². The number of nitrogens with one attached hydrogen (secondary N) is 2. The molecule has 0 bridgehead atoms. The molecule has 5 nitrogen and oxygen atoms in total. The summed E-state index contributed by atoms with van der Waals surface area (Å²) in [4.78, 5) is 20.7. The van der Waals surface area contributed by atoms with Crippen LogP contribution in [0.5, 0.6) is 0 Å². The van der Waals surface area contributed by atoms with Crippen LogP contribution in [0.15, 0.2) is 24.5 Å². The minimum atomic E-state index is -0.221. The Morgan fingerprint density at radius 3 is 2.43 bits per heavy atom. The predicted octanol–water partition coefficient (Wildman–Crippen LogP) is 3.87. The molecule has 0 saturated heterocycles. The number of rotatable bonds is 6. The van der Waals surface area contributed by atoms with Crippen LogP contribution in [0.1, 0.15) is 46.9 Å². The standard InChI is InChI=1S/C18H24N4O/c1-5-6-7-19-16-10-15(20-11-21-16)18(23)22-17-13(3)8-12(2)9-14(17)4/h8-11H,5-7H2,1-4H3,(H,22,23)(H,19,20,21). The molecule has 0 aliphatic rings. The van der Waals surface area contributed by atoms with E-state index in [1.807, 2.05) is 20.8 Å². The van der Waals surface area contributed by atoms with Crippen molar-refractivity contribution in [3.05, 3.63) is 46.9 Å². The zero-order chi connectivity index (χ0) is 16.8. The highest BCUT2D eigenvalue weighted by atomic mass is 16.1. The van der Waals surface area contributed by atoms with E-state index in [-0.39, 0.29) is 5.91 Å². The minimum absolute atomic E-state index is 0.221. The van der Waals surface area contributed by atoms with Gasteiger partial charge >= 0.3 is 0 Å². The van der Waals surface area contributed by atoms with Crippen LogP contribution in [0.25, 0.3) is 0 Å². The Morgan fingerprint density at radius 2 is 1.78 bits per heavy atom. The van der Waals surface area contributed by atoms with E-state index in [2.05, 4.69) is 39.7 Å². The van der Waals surface area contributed by atoms with Gasteiger partial charge in [-0.05, 0) is 38.3 Å². The Bertz CT molecular complexity index is 674. The lowest BCUT2D eigenvalue weighted by atomic mass is 10.1. The van der Waals surface area contributed by atoms with Gasteiger partial charge in [-0.2, -0.15) is 0 Å². The maximum absolute atomic E-state index is 12.5. The molecule has 1 heterocycles. The van der Waals surface area contributed by atoms with Gasteiger partial charge in [-0.15, -0.1) is 0 Å². The van der Waals surface area contributed by atoms with Crippen molar-refractivity contribution in [2.45, 2.75) is 40.5 Å².